The highest BCUT2D eigenvalue weighted by Gasteiger charge is 2.27. The number of morpholine rings is 1. The van der Waals surface area contributed by atoms with E-state index in [-0.39, 0.29) is 18.6 Å². The molecule has 7 nitrogen and oxygen atoms in total. The van der Waals surface area contributed by atoms with Gasteiger partial charge in [-0.3, -0.25) is 9.69 Å². The molecule has 2 fully saturated rings. The average Bonchev–Trinajstić information content (AvgIpc) is 3.22. The molecule has 1 aromatic rings. The minimum Gasteiger partial charge on any atom is -0.497 e. The van der Waals surface area contributed by atoms with Crippen LogP contribution in [-0.2, 0) is 9.53 Å². The summed E-state index contributed by atoms with van der Waals surface area (Å²) in [7, 11) is 1.63. The Hall–Kier alpha value is -1.83. The van der Waals surface area contributed by atoms with Crippen molar-refractivity contribution in [2.24, 2.45) is 0 Å². The van der Waals surface area contributed by atoms with Crippen LogP contribution in [0.25, 0.3) is 0 Å². The second-order valence-electron chi connectivity index (χ2n) is 6.65. The molecule has 0 aromatic heterocycles. The van der Waals surface area contributed by atoms with E-state index in [1.807, 2.05) is 29.2 Å². The van der Waals surface area contributed by atoms with Crippen molar-refractivity contribution in [2.45, 2.75) is 12.5 Å². The summed E-state index contributed by atoms with van der Waals surface area (Å²) < 4.78 is 16.2. The largest absolute Gasteiger partial charge is 0.497 e. The fourth-order valence-corrected chi connectivity index (χ4v) is 3.39. The number of hydrogen-bond acceptors (Lipinski definition) is 6. The smallest absolute Gasteiger partial charge is 0.260 e. The molecule has 0 spiro atoms. The minimum atomic E-state index is 0.0442. The molecule has 1 aromatic carbocycles. The lowest BCUT2D eigenvalue weighted by molar-refractivity contribution is -0.135. The number of ether oxygens (including phenoxy) is 3. The summed E-state index contributed by atoms with van der Waals surface area (Å²) in [5, 5.41) is 3.35. The number of methoxy groups -OCH3 is 1. The van der Waals surface area contributed by atoms with Crippen molar-refractivity contribution in [1.29, 1.82) is 0 Å². The Morgan fingerprint density at radius 3 is 2.65 bits per heavy atom. The Balaban J connectivity index is 1.53. The molecule has 3 rings (SSSR count). The molecular formula is C19H29N3O4. The predicted molar refractivity (Wildman–Crippen MR) is 98.7 cm³/mol. The van der Waals surface area contributed by atoms with Crippen molar-refractivity contribution in [1.82, 2.24) is 15.1 Å². The zero-order chi connectivity index (χ0) is 18.2. The quantitative estimate of drug-likeness (QED) is 0.730. The lowest BCUT2D eigenvalue weighted by Crippen LogP contribution is -2.49. The highest BCUT2D eigenvalue weighted by Crippen LogP contribution is 2.17. The SMILES string of the molecule is COc1ccc(OCC(=O)N(CCN2CCOCC2)C2CCNC2)cc1. The summed E-state index contributed by atoms with van der Waals surface area (Å²) in [6.45, 7) is 6.93. The summed E-state index contributed by atoms with van der Waals surface area (Å²) in [5.41, 5.74) is 0. The number of nitrogens with one attached hydrogen (secondary N) is 1. The van der Waals surface area contributed by atoms with Gasteiger partial charge in [-0.05, 0) is 37.2 Å². The number of amides is 1. The molecule has 144 valence electrons. The summed E-state index contributed by atoms with van der Waals surface area (Å²) >= 11 is 0. The fourth-order valence-electron chi connectivity index (χ4n) is 3.39. The van der Waals surface area contributed by atoms with Crippen molar-refractivity contribution in [3.63, 3.8) is 0 Å². The van der Waals surface area contributed by atoms with Gasteiger partial charge in [0.25, 0.3) is 5.91 Å². The van der Waals surface area contributed by atoms with E-state index in [1.165, 1.54) is 0 Å². The summed E-state index contributed by atoms with van der Waals surface area (Å²) in [6.07, 6.45) is 0.997. The second kappa shape index (κ2) is 9.75. The molecule has 0 bridgehead atoms. The van der Waals surface area contributed by atoms with Gasteiger partial charge in [0.2, 0.25) is 0 Å². The third-order valence-electron chi connectivity index (χ3n) is 4.98. The van der Waals surface area contributed by atoms with Crippen LogP contribution in [0, 0.1) is 0 Å². The topological polar surface area (TPSA) is 63.3 Å². The van der Waals surface area contributed by atoms with E-state index < -0.39 is 0 Å². The number of benzene rings is 1. The maximum atomic E-state index is 12.8. The molecule has 0 saturated carbocycles. The molecule has 1 amide bonds. The first-order valence-electron chi connectivity index (χ1n) is 9.33. The number of rotatable bonds is 8. The predicted octanol–water partition coefficient (Wildman–Crippen LogP) is 0.597. The van der Waals surface area contributed by atoms with Gasteiger partial charge in [-0.25, -0.2) is 0 Å². The third kappa shape index (κ3) is 5.33. The van der Waals surface area contributed by atoms with Crippen LogP contribution < -0.4 is 14.8 Å². The van der Waals surface area contributed by atoms with Gasteiger partial charge in [-0.2, -0.15) is 0 Å². The van der Waals surface area contributed by atoms with Gasteiger partial charge in [-0.15, -0.1) is 0 Å². The van der Waals surface area contributed by atoms with Crippen molar-refractivity contribution < 1.29 is 19.0 Å². The maximum absolute atomic E-state index is 12.8. The van der Waals surface area contributed by atoms with Gasteiger partial charge < -0.3 is 24.4 Å². The van der Waals surface area contributed by atoms with Crippen LogP contribution in [0.15, 0.2) is 24.3 Å². The molecule has 0 aliphatic carbocycles. The molecule has 1 unspecified atom stereocenters. The van der Waals surface area contributed by atoms with Crippen molar-refractivity contribution in [3.05, 3.63) is 24.3 Å². The van der Waals surface area contributed by atoms with Gasteiger partial charge in [0.15, 0.2) is 6.61 Å². The third-order valence-corrected chi connectivity index (χ3v) is 4.98. The Morgan fingerprint density at radius 1 is 1.27 bits per heavy atom. The number of hydrogen-bond donors (Lipinski definition) is 1. The molecule has 7 heteroatoms. The van der Waals surface area contributed by atoms with Crippen molar-refractivity contribution in [3.8, 4) is 11.5 Å². The standard InChI is InChI=1S/C19H29N3O4/c1-24-17-2-4-18(5-3-17)26-15-19(23)22(16-6-7-20-14-16)9-8-21-10-12-25-13-11-21/h2-5,16,20H,6-15H2,1H3. The molecule has 1 atom stereocenters. The van der Waals surface area contributed by atoms with Crippen LogP contribution in [0.1, 0.15) is 6.42 Å². The van der Waals surface area contributed by atoms with Crippen molar-refractivity contribution >= 4 is 5.91 Å². The van der Waals surface area contributed by atoms with E-state index in [0.717, 1.165) is 64.7 Å². The molecule has 2 aliphatic heterocycles. The first kappa shape index (κ1) is 18.9. The molecular weight excluding hydrogens is 334 g/mol. The molecule has 2 saturated heterocycles. The summed E-state index contributed by atoms with van der Waals surface area (Å²) in [4.78, 5) is 17.1. The lowest BCUT2D eigenvalue weighted by Gasteiger charge is -2.33. The highest BCUT2D eigenvalue weighted by atomic mass is 16.5. The molecule has 26 heavy (non-hydrogen) atoms. The Morgan fingerprint density at radius 2 is 2.00 bits per heavy atom. The van der Waals surface area contributed by atoms with E-state index in [1.54, 1.807) is 7.11 Å². The van der Waals surface area contributed by atoms with E-state index >= 15 is 0 Å². The van der Waals surface area contributed by atoms with E-state index in [9.17, 15) is 4.79 Å². The number of carbonyl (C=O) groups is 1. The van der Waals surface area contributed by atoms with Crippen LogP contribution in [0.3, 0.4) is 0 Å². The van der Waals surface area contributed by atoms with Crippen LogP contribution in [-0.4, -0.2) is 87.9 Å². The molecule has 2 heterocycles. The first-order valence-corrected chi connectivity index (χ1v) is 9.33. The van der Waals surface area contributed by atoms with E-state index in [2.05, 4.69) is 10.2 Å². The molecule has 1 N–H and O–H groups in total. The maximum Gasteiger partial charge on any atom is 0.260 e. The van der Waals surface area contributed by atoms with Gasteiger partial charge in [0.1, 0.15) is 11.5 Å². The summed E-state index contributed by atoms with van der Waals surface area (Å²) in [6, 6.07) is 7.55. The molecule has 0 radical (unpaired) electrons. The first-order chi connectivity index (χ1) is 12.8. The molecule has 2 aliphatic rings. The van der Waals surface area contributed by atoms with E-state index in [0.29, 0.717) is 5.75 Å². The Bertz CT molecular complexity index is 554. The monoisotopic (exact) mass is 363 g/mol. The van der Waals surface area contributed by atoms with Gasteiger partial charge in [-0.1, -0.05) is 0 Å². The van der Waals surface area contributed by atoms with Gasteiger partial charge in [0, 0.05) is 38.8 Å². The van der Waals surface area contributed by atoms with Gasteiger partial charge >= 0.3 is 0 Å². The number of nitrogens with zero attached hydrogens (tertiary/aromatic N) is 2. The normalized spacial score (nSPS) is 20.7. The van der Waals surface area contributed by atoms with Crippen LogP contribution in [0.2, 0.25) is 0 Å². The van der Waals surface area contributed by atoms with Crippen LogP contribution in [0.5, 0.6) is 11.5 Å². The Labute approximate surface area is 155 Å². The zero-order valence-corrected chi connectivity index (χ0v) is 15.5. The Kier molecular flexibility index (Phi) is 7.11. The van der Waals surface area contributed by atoms with Gasteiger partial charge in [0.05, 0.1) is 20.3 Å². The second-order valence-corrected chi connectivity index (χ2v) is 6.65. The van der Waals surface area contributed by atoms with Crippen LogP contribution >= 0.6 is 0 Å². The fraction of sp³-hybridized carbons (Fsp3) is 0.632. The van der Waals surface area contributed by atoms with Crippen LogP contribution in [0.4, 0.5) is 0 Å². The summed E-state index contributed by atoms with van der Waals surface area (Å²) in [5.74, 6) is 1.49. The minimum absolute atomic E-state index is 0.0442. The average molecular weight is 363 g/mol. The van der Waals surface area contributed by atoms with E-state index in [4.69, 9.17) is 14.2 Å². The highest BCUT2D eigenvalue weighted by molar-refractivity contribution is 5.78. The van der Waals surface area contributed by atoms with Crippen molar-refractivity contribution in [2.75, 3.05) is 66.2 Å². The lowest BCUT2D eigenvalue weighted by atomic mass is 10.2. The zero-order valence-electron chi connectivity index (χ0n) is 15.5. The number of carbonyl (C=O) groups excluding carboxylic acids is 1.